The molecule has 8 nitrogen and oxygen atoms in total. The van der Waals surface area contributed by atoms with Crippen molar-refractivity contribution in [1.82, 2.24) is 9.78 Å². The largest absolute Gasteiger partial charge is 0.489 e. The van der Waals surface area contributed by atoms with Crippen molar-refractivity contribution < 1.29 is 19.1 Å². The second-order valence-corrected chi connectivity index (χ2v) is 7.85. The molecule has 0 aliphatic heterocycles. The fraction of sp³-hybridized carbons (Fsp3) is 0.185. The monoisotopic (exact) mass is 471 g/mol. The van der Waals surface area contributed by atoms with Crippen LogP contribution in [0.1, 0.15) is 29.4 Å². The lowest BCUT2D eigenvalue weighted by molar-refractivity contribution is -0.119. The Labute approximate surface area is 202 Å². The highest BCUT2D eigenvalue weighted by molar-refractivity contribution is 6.03. The summed E-state index contributed by atoms with van der Waals surface area (Å²) in [5, 5.41) is 7.63. The van der Waals surface area contributed by atoms with Crippen LogP contribution in [0.2, 0.25) is 0 Å². The van der Waals surface area contributed by atoms with Crippen molar-refractivity contribution in [2.45, 2.75) is 26.5 Å². The number of nitrogens with one attached hydrogen (secondary N) is 1. The maximum atomic E-state index is 12.7. The highest BCUT2D eigenvalue weighted by Gasteiger charge is 2.19. The van der Waals surface area contributed by atoms with Crippen LogP contribution in [0, 0.1) is 0 Å². The summed E-state index contributed by atoms with van der Waals surface area (Å²) in [7, 11) is 0. The fourth-order valence-electron chi connectivity index (χ4n) is 3.52. The lowest BCUT2D eigenvalue weighted by atomic mass is 10.1. The zero-order chi connectivity index (χ0) is 24.6. The molecule has 8 heteroatoms. The number of amides is 1. The molecule has 1 N–H and O–H groups in total. The third-order valence-corrected chi connectivity index (χ3v) is 5.22. The number of aromatic nitrogens is 2. The Morgan fingerprint density at radius 2 is 1.60 bits per heavy atom. The van der Waals surface area contributed by atoms with Gasteiger partial charge in [0.15, 0.2) is 12.3 Å². The van der Waals surface area contributed by atoms with Gasteiger partial charge in [-0.15, -0.1) is 0 Å². The van der Waals surface area contributed by atoms with Gasteiger partial charge in [-0.1, -0.05) is 55.5 Å². The van der Waals surface area contributed by atoms with E-state index in [2.05, 4.69) is 10.4 Å². The van der Waals surface area contributed by atoms with Gasteiger partial charge in [-0.3, -0.25) is 9.59 Å². The molecule has 178 valence electrons. The van der Waals surface area contributed by atoms with Gasteiger partial charge in [0.2, 0.25) is 0 Å². The highest BCUT2D eigenvalue weighted by Crippen LogP contribution is 2.18. The first kappa shape index (κ1) is 23.7. The van der Waals surface area contributed by atoms with Crippen LogP contribution in [0.15, 0.2) is 83.7 Å². The summed E-state index contributed by atoms with van der Waals surface area (Å²) < 4.78 is 12.2. The minimum atomic E-state index is -0.772. The molecule has 0 atom stereocenters. The number of rotatable bonds is 9. The summed E-state index contributed by atoms with van der Waals surface area (Å²) in [4.78, 5) is 37.6. The molecule has 0 saturated heterocycles. The van der Waals surface area contributed by atoms with E-state index in [0.29, 0.717) is 41.8 Å². The second-order valence-electron chi connectivity index (χ2n) is 7.85. The van der Waals surface area contributed by atoms with Crippen LogP contribution >= 0.6 is 0 Å². The summed E-state index contributed by atoms with van der Waals surface area (Å²) >= 11 is 0. The molecule has 35 heavy (non-hydrogen) atoms. The van der Waals surface area contributed by atoms with E-state index in [9.17, 15) is 14.4 Å². The number of anilines is 1. The number of esters is 1. The minimum Gasteiger partial charge on any atom is -0.489 e. The molecule has 1 aromatic heterocycles. The number of hydrogen-bond acceptors (Lipinski definition) is 6. The van der Waals surface area contributed by atoms with Gasteiger partial charge in [0.25, 0.3) is 11.5 Å². The standard InChI is InChI=1S/C27H25N3O5/c1-2-16-30-26(32)23-11-7-6-10-22(23)25(29-30)27(33)35-18-24(31)28-20-12-14-21(15-13-20)34-17-19-8-4-3-5-9-19/h3-15H,2,16-18H2,1H3,(H,28,31). The molecular weight excluding hydrogens is 446 g/mol. The van der Waals surface area contributed by atoms with E-state index >= 15 is 0 Å². The van der Waals surface area contributed by atoms with E-state index in [0.717, 1.165) is 5.56 Å². The number of carbonyl (C=O) groups excluding carboxylic acids is 2. The van der Waals surface area contributed by atoms with E-state index in [1.165, 1.54) is 4.68 Å². The van der Waals surface area contributed by atoms with Crippen LogP contribution < -0.4 is 15.6 Å². The minimum absolute atomic E-state index is 0.00127. The van der Waals surface area contributed by atoms with Crippen LogP contribution in [0.5, 0.6) is 5.75 Å². The first-order valence-electron chi connectivity index (χ1n) is 11.3. The Bertz CT molecular complexity index is 1380. The zero-order valence-corrected chi connectivity index (χ0v) is 19.3. The van der Waals surface area contributed by atoms with E-state index in [1.54, 1.807) is 48.5 Å². The molecule has 1 amide bonds. The lowest BCUT2D eigenvalue weighted by Gasteiger charge is -2.11. The SMILES string of the molecule is CCCn1nc(C(=O)OCC(=O)Nc2ccc(OCc3ccccc3)cc2)c2ccccc2c1=O. The van der Waals surface area contributed by atoms with Crippen LogP contribution in [0.25, 0.3) is 10.8 Å². The first-order valence-corrected chi connectivity index (χ1v) is 11.3. The summed E-state index contributed by atoms with van der Waals surface area (Å²) in [6.07, 6.45) is 0.679. The number of carbonyl (C=O) groups is 2. The van der Waals surface area contributed by atoms with Gasteiger partial charge in [-0.05, 0) is 42.3 Å². The van der Waals surface area contributed by atoms with Crippen molar-refractivity contribution in [3.05, 3.63) is 100 Å². The van der Waals surface area contributed by atoms with E-state index < -0.39 is 18.5 Å². The number of benzene rings is 3. The Hall–Kier alpha value is -4.46. The maximum Gasteiger partial charge on any atom is 0.359 e. The molecule has 0 fully saturated rings. The van der Waals surface area contributed by atoms with Gasteiger partial charge < -0.3 is 14.8 Å². The third kappa shape index (κ3) is 5.92. The lowest BCUT2D eigenvalue weighted by Crippen LogP contribution is -2.27. The second kappa shape index (κ2) is 11.1. The van der Waals surface area contributed by atoms with Crippen molar-refractivity contribution in [1.29, 1.82) is 0 Å². The molecule has 1 heterocycles. The van der Waals surface area contributed by atoms with Crippen LogP contribution in [-0.4, -0.2) is 28.3 Å². The first-order chi connectivity index (χ1) is 17.0. The van der Waals surface area contributed by atoms with Gasteiger partial charge >= 0.3 is 5.97 Å². The smallest absolute Gasteiger partial charge is 0.359 e. The quantitative estimate of drug-likeness (QED) is 0.368. The van der Waals surface area contributed by atoms with E-state index in [4.69, 9.17) is 9.47 Å². The number of ether oxygens (including phenoxy) is 2. The van der Waals surface area contributed by atoms with Gasteiger partial charge in [0.05, 0.1) is 5.39 Å². The van der Waals surface area contributed by atoms with Gasteiger partial charge in [0.1, 0.15) is 12.4 Å². The van der Waals surface area contributed by atoms with Gasteiger partial charge in [0, 0.05) is 17.6 Å². The summed E-state index contributed by atoms with van der Waals surface area (Å²) in [6, 6.07) is 23.4. The molecule has 0 unspecified atom stereocenters. The van der Waals surface area contributed by atoms with Crippen molar-refractivity contribution in [2.75, 3.05) is 11.9 Å². The van der Waals surface area contributed by atoms with E-state index in [-0.39, 0.29) is 11.3 Å². The number of fused-ring (bicyclic) bond motifs is 1. The van der Waals surface area contributed by atoms with Crippen molar-refractivity contribution >= 4 is 28.3 Å². The van der Waals surface area contributed by atoms with E-state index in [1.807, 2.05) is 37.3 Å². The molecule has 0 bridgehead atoms. The zero-order valence-electron chi connectivity index (χ0n) is 19.3. The average molecular weight is 472 g/mol. The summed E-state index contributed by atoms with van der Waals surface area (Å²) in [6.45, 7) is 2.23. The molecule has 0 saturated carbocycles. The van der Waals surface area contributed by atoms with Crippen molar-refractivity contribution in [3.8, 4) is 5.75 Å². The van der Waals surface area contributed by atoms with Crippen LogP contribution in [0.3, 0.4) is 0 Å². The highest BCUT2D eigenvalue weighted by atomic mass is 16.5. The normalized spacial score (nSPS) is 10.7. The molecule has 3 aromatic carbocycles. The fourth-order valence-corrected chi connectivity index (χ4v) is 3.52. The molecule has 0 spiro atoms. The van der Waals surface area contributed by atoms with Gasteiger partial charge in [-0.2, -0.15) is 5.10 Å². The number of hydrogen-bond donors (Lipinski definition) is 1. The molecule has 4 rings (SSSR count). The topological polar surface area (TPSA) is 99.5 Å². The van der Waals surface area contributed by atoms with Crippen LogP contribution in [0.4, 0.5) is 5.69 Å². The molecular formula is C27H25N3O5. The number of aryl methyl sites for hydroxylation is 1. The Balaban J connectivity index is 1.36. The summed E-state index contributed by atoms with van der Waals surface area (Å²) in [5.74, 6) is -0.605. The Kier molecular flexibility index (Phi) is 7.52. The van der Waals surface area contributed by atoms with Crippen molar-refractivity contribution in [3.63, 3.8) is 0 Å². The molecule has 0 aliphatic carbocycles. The van der Waals surface area contributed by atoms with Gasteiger partial charge in [-0.25, -0.2) is 9.48 Å². The molecule has 4 aromatic rings. The Morgan fingerprint density at radius 1 is 0.914 bits per heavy atom. The predicted molar refractivity (Wildman–Crippen MR) is 132 cm³/mol. The predicted octanol–water partition coefficient (Wildman–Crippen LogP) is 4.18. The van der Waals surface area contributed by atoms with Crippen molar-refractivity contribution in [2.24, 2.45) is 0 Å². The number of nitrogens with zero attached hydrogens (tertiary/aromatic N) is 2. The molecule has 0 radical (unpaired) electrons. The Morgan fingerprint density at radius 3 is 2.31 bits per heavy atom. The average Bonchev–Trinajstić information content (AvgIpc) is 2.89. The van der Waals surface area contributed by atoms with Crippen LogP contribution in [-0.2, 0) is 22.7 Å². The molecule has 0 aliphatic rings. The summed E-state index contributed by atoms with van der Waals surface area (Å²) in [5.41, 5.74) is 1.33. The third-order valence-electron chi connectivity index (χ3n) is 5.22. The maximum absolute atomic E-state index is 12.7.